The Bertz CT molecular complexity index is 1070. The van der Waals surface area contributed by atoms with Crippen LogP contribution in [-0.4, -0.2) is 52.2 Å². The van der Waals surface area contributed by atoms with Gasteiger partial charge >= 0.3 is 17.9 Å². The van der Waals surface area contributed by atoms with Crippen LogP contribution in [0, 0.1) is 10.8 Å². The van der Waals surface area contributed by atoms with E-state index in [1.807, 2.05) is 30.3 Å². The van der Waals surface area contributed by atoms with Gasteiger partial charge in [-0.25, -0.2) is 0 Å². The lowest BCUT2D eigenvalue weighted by Crippen LogP contribution is -2.50. The summed E-state index contributed by atoms with van der Waals surface area (Å²) in [4.78, 5) is 50.1. The number of hydrogen-bond donors (Lipinski definition) is 2. The summed E-state index contributed by atoms with van der Waals surface area (Å²) in [7, 11) is 0. The van der Waals surface area contributed by atoms with E-state index >= 15 is 0 Å². The molecule has 2 aliphatic rings. The highest BCUT2D eigenvalue weighted by atomic mass is 16.6. The predicted octanol–water partition coefficient (Wildman–Crippen LogP) is 5.34. The Balaban J connectivity index is 1.71. The van der Waals surface area contributed by atoms with Crippen LogP contribution < -0.4 is 0 Å². The van der Waals surface area contributed by atoms with Crippen LogP contribution in [0.2, 0.25) is 0 Å². The molecular weight excluding hydrogens is 512 g/mol. The molecule has 0 saturated heterocycles. The third-order valence-electron chi connectivity index (χ3n) is 8.75. The molecule has 2 fully saturated rings. The Hall–Kier alpha value is -3.00. The Morgan fingerprint density at radius 3 is 2.45 bits per heavy atom. The van der Waals surface area contributed by atoms with Gasteiger partial charge in [0.05, 0.1) is 6.10 Å². The quantitative estimate of drug-likeness (QED) is 0.121. The number of unbranched alkanes of at least 4 members (excludes halogenated alkanes) is 4. The number of carboxylic acid groups (broad SMARTS) is 1. The van der Waals surface area contributed by atoms with Crippen molar-refractivity contribution in [1.82, 2.24) is 0 Å². The number of carbonyl (C=O) groups is 4. The van der Waals surface area contributed by atoms with Gasteiger partial charge in [0.1, 0.15) is 6.10 Å². The Morgan fingerprint density at radius 1 is 1.10 bits per heavy atom. The second-order valence-electron chi connectivity index (χ2n) is 11.5. The number of Topliss-reactive ketones (excluding diaryl/α,β-unsaturated/α-hetero) is 1. The maximum atomic E-state index is 13.1. The number of aryl methyl sites for hydroxylation is 1. The van der Waals surface area contributed by atoms with Gasteiger partial charge in [0.25, 0.3) is 0 Å². The van der Waals surface area contributed by atoms with Crippen LogP contribution in [0.25, 0.3) is 0 Å². The highest BCUT2D eigenvalue weighted by Crippen LogP contribution is 2.60. The van der Waals surface area contributed by atoms with Gasteiger partial charge in [-0.3, -0.25) is 19.2 Å². The first-order valence-electron chi connectivity index (χ1n) is 14.6. The zero-order valence-electron chi connectivity index (χ0n) is 23.9. The Labute approximate surface area is 237 Å². The van der Waals surface area contributed by atoms with Gasteiger partial charge in [0.15, 0.2) is 17.3 Å². The molecule has 220 valence electrons. The van der Waals surface area contributed by atoms with E-state index in [4.69, 9.17) is 9.47 Å². The van der Waals surface area contributed by atoms with Crippen molar-refractivity contribution in [3.05, 3.63) is 48.0 Å². The number of hydrogen-bond acceptors (Lipinski definition) is 7. The number of fused-ring (bicyclic) bond motifs is 2. The van der Waals surface area contributed by atoms with Gasteiger partial charge in [-0.15, -0.1) is 0 Å². The fraction of sp³-hybridized carbons (Fsp3) is 0.625. The molecule has 2 saturated carbocycles. The smallest absolute Gasteiger partial charge is 0.321 e. The third-order valence-corrected chi connectivity index (χ3v) is 8.75. The molecule has 0 radical (unpaired) electrons. The maximum absolute atomic E-state index is 13.1. The highest BCUT2D eigenvalue weighted by molar-refractivity contribution is 6.05. The van der Waals surface area contributed by atoms with E-state index in [0.29, 0.717) is 44.1 Å². The van der Waals surface area contributed by atoms with Crippen molar-refractivity contribution in [1.29, 1.82) is 0 Å². The van der Waals surface area contributed by atoms with Crippen molar-refractivity contribution in [2.45, 2.75) is 116 Å². The molecule has 1 aromatic carbocycles. The zero-order chi connectivity index (χ0) is 29.3. The van der Waals surface area contributed by atoms with Crippen LogP contribution in [0.5, 0.6) is 0 Å². The van der Waals surface area contributed by atoms with Crippen LogP contribution >= 0.6 is 0 Å². The number of esters is 2. The molecule has 2 N–H and O–H groups in total. The number of ether oxygens (including phenoxy) is 2. The molecule has 0 aromatic heterocycles. The standard InChI is InChI=1S/C32H44O8/c1-4-5-6-7-11-14-27(35)40-29-28(36)31(20-18-26(34)32(29,21-31)30(37)38)19-17-22(2)25(39-23(3)33)16-15-24-12-9-8-10-13-24/h8-10,12-13,25,28-29,36H,2,4-7,11,14-21H2,1,3H3,(H,37,38)/t25?,28-,29+,31?,32?/m0/s1. The highest BCUT2D eigenvalue weighted by Gasteiger charge is 2.71. The summed E-state index contributed by atoms with van der Waals surface area (Å²) in [6, 6.07) is 9.82. The average Bonchev–Trinajstić information content (AvgIpc) is 3.13. The van der Waals surface area contributed by atoms with E-state index in [0.717, 1.165) is 31.2 Å². The summed E-state index contributed by atoms with van der Waals surface area (Å²) in [6.45, 7) is 7.62. The monoisotopic (exact) mass is 556 g/mol. The molecule has 3 rings (SSSR count). The molecule has 0 amide bonds. The molecule has 1 aromatic rings. The number of rotatable bonds is 16. The first kappa shape index (κ1) is 31.5. The summed E-state index contributed by atoms with van der Waals surface area (Å²) in [6.07, 6.45) is 3.57. The largest absolute Gasteiger partial charge is 0.480 e. The third kappa shape index (κ3) is 7.19. The number of aliphatic hydroxyl groups is 1. The molecule has 0 aliphatic heterocycles. The molecule has 0 heterocycles. The van der Waals surface area contributed by atoms with E-state index < -0.39 is 52.8 Å². The van der Waals surface area contributed by atoms with Crippen molar-refractivity contribution in [2.75, 3.05) is 0 Å². The van der Waals surface area contributed by atoms with Crippen LogP contribution in [0.15, 0.2) is 42.5 Å². The van der Waals surface area contributed by atoms with Crippen molar-refractivity contribution in [3.63, 3.8) is 0 Å². The van der Waals surface area contributed by atoms with E-state index in [1.165, 1.54) is 6.92 Å². The van der Waals surface area contributed by atoms with Crippen molar-refractivity contribution >= 4 is 23.7 Å². The number of aliphatic carboxylic acids is 1. The fourth-order valence-electron chi connectivity index (χ4n) is 6.41. The number of benzene rings is 1. The molecule has 0 spiro atoms. The average molecular weight is 557 g/mol. The van der Waals surface area contributed by atoms with E-state index in [2.05, 4.69) is 13.5 Å². The van der Waals surface area contributed by atoms with E-state index in [-0.39, 0.29) is 19.3 Å². The second-order valence-corrected chi connectivity index (χ2v) is 11.5. The van der Waals surface area contributed by atoms with Gasteiger partial charge in [0.2, 0.25) is 0 Å². The van der Waals surface area contributed by atoms with Crippen LogP contribution in [0.1, 0.15) is 96.5 Å². The van der Waals surface area contributed by atoms with Crippen molar-refractivity contribution in [2.24, 2.45) is 10.8 Å². The Kier molecular flexibility index (Phi) is 11.1. The van der Waals surface area contributed by atoms with Crippen molar-refractivity contribution in [3.8, 4) is 0 Å². The van der Waals surface area contributed by atoms with Gasteiger partial charge in [0, 0.05) is 25.2 Å². The lowest BCUT2D eigenvalue weighted by atomic mass is 9.65. The number of aliphatic hydroxyl groups excluding tert-OH is 1. The van der Waals surface area contributed by atoms with Gasteiger partial charge < -0.3 is 19.7 Å². The molecule has 5 atom stereocenters. The summed E-state index contributed by atoms with van der Waals surface area (Å²) < 4.78 is 11.2. The lowest BCUT2D eigenvalue weighted by Gasteiger charge is -2.37. The summed E-state index contributed by atoms with van der Waals surface area (Å²) in [5.41, 5.74) is -1.12. The minimum Gasteiger partial charge on any atom is -0.480 e. The van der Waals surface area contributed by atoms with Gasteiger partial charge in [-0.2, -0.15) is 0 Å². The molecular formula is C32H44O8. The Morgan fingerprint density at radius 2 is 1.80 bits per heavy atom. The molecule has 2 aliphatic carbocycles. The van der Waals surface area contributed by atoms with Gasteiger partial charge in [-0.05, 0) is 56.1 Å². The fourth-order valence-corrected chi connectivity index (χ4v) is 6.41. The SMILES string of the molecule is C=C(CCC12CCC(=O)C(C(=O)O)(C1)[C@H](OC(=O)CCCCCCC)[C@@H]2O)C(CCc1ccccc1)OC(C)=O. The molecule has 3 unspecified atom stereocenters. The summed E-state index contributed by atoms with van der Waals surface area (Å²) >= 11 is 0. The topological polar surface area (TPSA) is 127 Å². The summed E-state index contributed by atoms with van der Waals surface area (Å²) in [5, 5.41) is 21.7. The minimum absolute atomic E-state index is 0.0116. The molecule has 8 nitrogen and oxygen atoms in total. The first-order valence-corrected chi connectivity index (χ1v) is 14.6. The van der Waals surface area contributed by atoms with E-state index in [1.54, 1.807) is 0 Å². The molecule has 2 bridgehead atoms. The van der Waals surface area contributed by atoms with Crippen molar-refractivity contribution < 1.29 is 38.9 Å². The minimum atomic E-state index is -1.96. The lowest BCUT2D eigenvalue weighted by molar-refractivity contribution is -0.175. The number of carboxylic acids is 1. The summed E-state index contributed by atoms with van der Waals surface area (Å²) in [5.74, 6) is -2.88. The molecule has 8 heteroatoms. The van der Waals surface area contributed by atoms with Crippen LogP contribution in [0.3, 0.4) is 0 Å². The second kappa shape index (κ2) is 14.1. The van der Waals surface area contributed by atoms with E-state index in [9.17, 15) is 29.4 Å². The van der Waals surface area contributed by atoms with Crippen LogP contribution in [0.4, 0.5) is 0 Å². The zero-order valence-corrected chi connectivity index (χ0v) is 23.9. The number of carbonyl (C=O) groups excluding carboxylic acids is 3. The first-order chi connectivity index (χ1) is 19.1. The normalized spacial score (nSPS) is 26.2. The number of ketones is 1. The van der Waals surface area contributed by atoms with Crippen LogP contribution in [-0.2, 0) is 35.1 Å². The maximum Gasteiger partial charge on any atom is 0.321 e. The molecule has 40 heavy (non-hydrogen) atoms. The van der Waals surface area contributed by atoms with Gasteiger partial charge in [-0.1, -0.05) is 69.5 Å². The predicted molar refractivity (Wildman–Crippen MR) is 149 cm³/mol.